The first-order valence-electron chi connectivity index (χ1n) is 5.00. The molecule has 0 bridgehead atoms. The maximum Gasteiger partial charge on any atom is 0.0730 e. The van der Waals surface area contributed by atoms with Gasteiger partial charge in [0.25, 0.3) is 0 Å². The second kappa shape index (κ2) is 4.27. The fourth-order valence-electron chi connectivity index (χ4n) is 2.00. The van der Waals surface area contributed by atoms with E-state index >= 15 is 0 Å². The first kappa shape index (κ1) is 9.25. The van der Waals surface area contributed by atoms with E-state index in [1.165, 1.54) is 32.1 Å². The van der Waals surface area contributed by atoms with Crippen molar-refractivity contribution in [3.63, 3.8) is 0 Å². The smallest absolute Gasteiger partial charge is 0.0730 e. The van der Waals surface area contributed by atoms with E-state index in [0.29, 0.717) is 6.04 Å². The molecule has 2 rings (SSSR count). The lowest BCUT2D eigenvalue weighted by molar-refractivity contribution is 0.328. The lowest BCUT2D eigenvalue weighted by atomic mass is 9.96. The van der Waals surface area contributed by atoms with Crippen molar-refractivity contribution in [2.24, 2.45) is 0 Å². The van der Waals surface area contributed by atoms with E-state index in [1.807, 2.05) is 0 Å². The number of hydrogen-bond donors (Lipinski definition) is 0. The van der Waals surface area contributed by atoms with Crippen molar-refractivity contribution in [1.82, 2.24) is 9.78 Å². The van der Waals surface area contributed by atoms with E-state index in [4.69, 9.17) is 0 Å². The van der Waals surface area contributed by atoms with Crippen LogP contribution in [-0.4, -0.2) is 9.78 Å². The zero-order valence-electron chi connectivity index (χ0n) is 7.75. The minimum absolute atomic E-state index is 0.668. The lowest BCUT2D eigenvalue weighted by Crippen LogP contribution is -2.13. The van der Waals surface area contributed by atoms with E-state index in [-0.39, 0.29) is 0 Å². The molecule has 0 saturated heterocycles. The molecule has 72 valence electrons. The first-order valence-corrected chi connectivity index (χ1v) is 6.12. The van der Waals surface area contributed by atoms with Gasteiger partial charge in [0.1, 0.15) is 0 Å². The molecule has 1 aromatic rings. The summed E-state index contributed by atoms with van der Waals surface area (Å²) in [6, 6.07) is 2.77. The van der Waals surface area contributed by atoms with E-state index in [0.717, 1.165) is 11.0 Å². The van der Waals surface area contributed by atoms with Gasteiger partial charge in [0.15, 0.2) is 0 Å². The quantitative estimate of drug-likeness (QED) is 0.729. The SMILES string of the molecule is BrCc1ccn(C2CCCCC2)n1. The summed E-state index contributed by atoms with van der Waals surface area (Å²) in [5, 5.41) is 5.39. The molecule has 1 aliphatic carbocycles. The highest BCUT2D eigenvalue weighted by Gasteiger charge is 2.15. The molecular weight excluding hydrogens is 228 g/mol. The molecule has 0 amide bonds. The molecule has 1 saturated carbocycles. The Labute approximate surface area is 87.5 Å². The Bertz CT molecular complexity index is 264. The van der Waals surface area contributed by atoms with Gasteiger partial charge in [0, 0.05) is 11.5 Å². The highest BCUT2D eigenvalue weighted by Crippen LogP contribution is 2.27. The van der Waals surface area contributed by atoms with Gasteiger partial charge in [-0.25, -0.2) is 0 Å². The Kier molecular flexibility index (Phi) is 3.04. The number of hydrogen-bond acceptors (Lipinski definition) is 1. The van der Waals surface area contributed by atoms with Crippen molar-refractivity contribution < 1.29 is 0 Å². The lowest BCUT2D eigenvalue weighted by Gasteiger charge is -2.21. The minimum Gasteiger partial charge on any atom is -0.269 e. The molecule has 0 atom stereocenters. The Morgan fingerprint density at radius 2 is 2.15 bits per heavy atom. The van der Waals surface area contributed by atoms with Gasteiger partial charge in [0.2, 0.25) is 0 Å². The number of alkyl halides is 1. The summed E-state index contributed by atoms with van der Waals surface area (Å²) in [6.07, 6.45) is 8.88. The molecule has 0 radical (unpaired) electrons. The zero-order valence-corrected chi connectivity index (χ0v) is 9.33. The van der Waals surface area contributed by atoms with E-state index in [2.05, 4.69) is 38.0 Å². The van der Waals surface area contributed by atoms with Gasteiger partial charge in [-0.05, 0) is 18.9 Å². The van der Waals surface area contributed by atoms with Crippen LogP contribution in [0.3, 0.4) is 0 Å². The molecule has 1 fully saturated rings. The highest BCUT2D eigenvalue weighted by molar-refractivity contribution is 9.08. The van der Waals surface area contributed by atoms with E-state index in [9.17, 15) is 0 Å². The summed E-state index contributed by atoms with van der Waals surface area (Å²) in [5.74, 6) is 0. The van der Waals surface area contributed by atoms with Crippen molar-refractivity contribution in [1.29, 1.82) is 0 Å². The Balaban J connectivity index is 2.05. The molecule has 0 aromatic carbocycles. The van der Waals surface area contributed by atoms with Gasteiger partial charge in [-0.15, -0.1) is 0 Å². The predicted molar refractivity (Wildman–Crippen MR) is 57.0 cm³/mol. The van der Waals surface area contributed by atoms with Gasteiger partial charge in [-0.2, -0.15) is 5.10 Å². The summed E-state index contributed by atoms with van der Waals surface area (Å²) in [7, 11) is 0. The standard InChI is InChI=1S/C10H15BrN2/c11-8-9-6-7-13(12-9)10-4-2-1-3-5-10/h6-7,10H,1-5,8H2. The van der Waals surface area contributed by atoms with Crippen LogP contribution in [0.1, 0.15) is 43.8 Å². The van der Waals surface area contributed by atoms with Crippen molar-refractivity contribution in [2.45, 2.75) is 43.5 Å². The average Bonchev–Trinajstić information content (AvgIpc) is 2.67. The molecule has 3 heteroatoms. The second-order valence-electron chi connectivity index (χ2n) is 3.71. The van der Waals surface area contributed by atoms with Crippen molar-refractivity contribution in [3.05, 3.63) is 18.0 Å². The van der Waals surface area contributed by atoms with Crippen molar-refractivity contribution >= 4 is 15.9 Å². The van der Waals surface area contributed by atoms with Crippen molar-refractivity contribution in [2.75, 3.05) is 0 Å². The third-order valence-corrected chi connectivity index (χ3v) is 3.32. The van der Waals surface area contributed by atoms with Crippen LogP contribution in [0.5, 0.6) is 0 Å². The van der Waals surface area contributed by atoms with Crippen molar-refractivity contribution in [3.8, 4) is 0 Å². The van der Waals surface area contributed by atoms with Crippen LogP contribution >= 0.6 is 15.9 Å². The highest BCUT2D eigenvalue weighted by atomic mass is 79.9. The van der Waals surface area contributed by atoms with Gasteiger partial charge < -0.3 is 0 Å². The van der Waals surface area contributed by atoms with Crippen LogP contribution in [0.25, 0.3) is 0 Å². The number of rotatable bonds is 2. The van der Waals surface area contributed by atoms with Crippen LogP contribution in [-0.2, 0) is 5.33 Å². The van der Waals surface area contributed by atoms with Crippen LogP contribution in [0.15, 0.2) is 12.3 Å². The summed E-state index contributed by atoms with van der Waals surface area (Å²) in [4.78, 5) is 0. The average molecular weight is 243 g/mol. The topological polar surface area (TPSA) is 17.8 Å². The summed E-state index contributed by atoms with van der Waals surface area (Å²) >= 11 is 3.42. The first-order chi connectivity index (χ1) is 6.40. The molecular formula is C10H15BrN2. The molecule has 0 unspecified atom stereocenters. The normalized spacial score (nSPS) is 19.2. The molecule has 1 aliphatic rings. The summed E-state index contributed by atoms with van der Waals surface area (Å²) in [5.41, 5.74) is 1.14. The largest absolute Gasteiger partial charge is 0.269 e. The van der Waals surface area contributed by atoms with Crippen LogP contribution in [0.4, 0.5) is 0 Å². The van der Waals surface area contributed by atoms with E-state index in [1.54, 1.807) is 0 Å². The molecule has 1 heterocycles. The molecule has 0 aliphatic heterocycles. The van der Waals surface area contributed by atoms with Crippen LogP contribution < -0.4 is 0 Å². The fourth-order valence-corrected chi connectivity index (χ4v) is 2.30. The van der Waals surface area contributed by atoms with Gasteiger partial charge in [0.05, 0.1) is 11.7 Å². The Morgan fingerprint density at radius 3 is 2.77 bits per heavy atom. The fraction of sp³-hybridized carbons (Fsp3) is 0.700. The van der Waals surface area contributed by atoms with Crippen LogP contribution in [0, 0.1) is 0 Å². The van der Waals surface area contributed by atoms with Gasteiger partial charge >= 0.3 is 0 Å². The Hall–Kier alpha value is -0.310. The van der Waals surface area contributed by atoms with Crippen LogP contribution in [0.2, 0.25) is 0 Å². The molecule has 0 N–H and O–H groups in total. The molecule has 13 heavy (non-hydrogen) atoms. The van der Waals surface area contributed by atoms with Gasteiger partial charge in [-0.1, -0.05) is 35.2 Å². The van der Waals surface area contributed by atoms with Gasteiger partial charge in [-0.3, -0.25) is 4.68 Å². The number of aromatic nitrogens is 2. The predicted octanol–water partition coefficient (Wildman–Crippen LogP) is 3.28. The number of halogens is 1. The third kappa shape index (κ3) is 2.13. The zero-order chi connectivity index (χ0) is 9.10. The Morgan fingerprint density at radius 1 is 1.38 bits per heavy atom. The minimum atomic E-state index is 0.668. The summed E-state index contributed by atoms with van der Waals surface area (Å²) in [6.45, 7) is 0. The van der Waals surface area contributed by atoms with E-state index < -0.39 is 0 Å². The third-order valence-electron chi connectivity index (χ3n) is 2.75. The maximum atomic E-state index is 4.52. The molecule has 1 aromatic heterocycles. The molecule has 2 nitrogen and oxygen atoms in total. The number of nitrogens with zero attached hydrogens (tertiary/aromatic N) is 2. The molecule has 0 spiro atoms. The summed E-state index contributed by atoms with van der Waals surface area (Å²) < 4.78 is 2.15. The maximum absolute atomic E-state index is 4.52. The monoisotopic (exact) mass is 242 g/mol. The second-order valence-corrected chi connectivity index (χ2v) is 4.27.